The molecule has 10 nitrogen and oxygen atoms in total. The second-order valence-electron chi connectivity index (χ2n) is 8.98. The zero-order chi connectivity index (χ0) is 28.6. The Hall–Kier alpha value is -4.79. The summed E-state index contributed by atoms with van der Waals surface area (Å²) in [4.78, 5) is 30.0. The number of piperazine rings is 1. The number of hydrogen-bond donors (Lipinski definition) is 4. The first-order chi connectivity index (χ1) is 19.0. The molecule has 15 heteroatoms. The first-order valence-electron chi connectivity index (χ1n) is 11.8. The topological polar surface area (TPSA) is 130 Å². The highest BCUT2D eigenvalue weighted by Gasteiger charge is 2.31. The second-order valence-corrected chi connectivity index (χ2v) is 8.98. The van der Waals surface area contributed by atoms with Gasteiger partial charge in [-0.05, 0) is 42.5 Å². The van der Waals surface area contributed by atoms with Crippen LogP contribution in [0.15, 0.2) is 48.8 Å². The van der Waals surface area contributed by atoms with E-state index in [9.17, 15) is 27.2 Å². The number of nitrogens with zero attached hydrogens (tertiary/aromatic N) is 4. The predicted molar refractivity (Wildman–Crippen MR) is 135 cm³/mol. The molecule has 0 saturated carbocycles. The largest absolute Gasteiger partial charge is 0.416 e. The molecule has 1 aliphatic heterocycles. The molecule has 40 heavy (non-hydrogen) atoms. The van der Waals surface area contributed by atoms with E-state index < -0.39 is 35.1 Å². The number of carbonyl (C=O) groups is 2. The second kappa shape index (κ2) is 10.4. The highest BCUT2D eigenvalue weighted by Crippen LogP contribution is 2.34. The van der Waals surface area contributed by atoms with E-state index in [0.717, 1.165) is 6.07 Å². The van der Waals surface area contributed by atoms with Gasteiger partial charge in [0.1, 0.15) is 23.5 Å². The van der Waals surface area contributed by atoms with Crippen molar-refractivity contribution in [2.75, 3.05) is 36.0 Å². The fourth-order valence-corrected chi connectivity index (χ4v) is 4.40. The first-order valence-corrected chi connectivity index (χ1v) is 11.8. The van der Waals surface area contributed by atoms with Gasteiger partial charge in [0.25, 0.3) is 0 Å². The lowest BCUT2D eigenvalue weighted by Crippen LogP contribution is -2.47. The van der Waals surface area contributed by atoms with Crippen LogP contribution >= 0.6 is 0 Å². The maximum Gasteiger partial charge on any atom is 0.416 e. The molecule has 0 unspecified atom stereocenters. The molecule has 3 heterocycles. The Morgan fingerprint density at radius 3 is 2.58 bits per heavy atom. The number of urea groups is 1. The van der Waals surface area contributed by atoms with Crippen molar-refractivity contribution in [2.24, 2.45) is 0 Å². The van der Waals surface area contributed by atoms with Crippen molar-refractivity contribution in [3.63, 3.8) is 0 Å². The minimum absolute atomic E-state index is 0.0431. The highest BCUT2D eigenvalue weighted by atomic mass is 19.4. The molecule has 1 aliphatic rings. The lowest BCUT2D eigenvalue weighted by molar-refractivity contribution is -0.137. The molecule has 5 N–H and O–H groups in total. The van der Waals surface area contributed by atoms with Crippen LogP contribution in [0, 0.1) is 11.6 Å². The summed E-state index contributed by atoms with van der Waals surface area (Å²) < 4.78 is 69.6. The van der Waals surface area contributed by atoms with E-state index in [1.807, 2.05) is 10.2 Å². The van der Waals surface area contributed by atoms with E-state index in [0.29, 0.717) is 54.6 Å². The fourth-order valence-electron chi connectivity index (χ4n) is 4.40. The van der Waals surface area contributed by atoms with Crippen LogP contribution in [0.5, 0.6) is 0 Å². The molecule has 0 radical (unpaired) electrons. The third-order valence-electron chi connectivity index (χ3n) is 6.22. The van der Waals surface area contributed by atoms with Crippen LogP contribution in [0.2, 0.25) is 0 Å². The fraction of sp³-hybridized carbons (Fsp3) is 0.200. The minimum Gasteiger partial charge on any atom is -0.382 e. The molecule has 0 bridgehead atoms. The van der Waals surface area contributed by atoms with Gasteiger partial charge in [0.2, 0.25) is 5.91 Å². The van der Waals surface area contributed by atoms with Crippen molar-refractivity contribution in [3.05, 3.63) is 71.7 Å². The summed E-state index contributed by atoms with van der Waals surface area (Å²) in [6, 6.07) is 5.91. The molecule has 4 aromatic rings. The van der Waals surface area contributed by atoms with E-state index in [4.69, 9.17) is 5.73 Å². The normalized spacial score (nSPS) is 14.3. The zero-order valence-corrected chi connectivity index (χ0v) is 20.5. The summed E-state index contributed by atoms with van der Waals surface area (Å²) in [5.41, 5.74) is 5.67. The maximum absolute atomic E-state index is 15.3. The standard InChI is InChI=1S/C25H21F5N8O2/c26-18-4-1-13(25(28,29)30)7-20(18)36-24(40)35-14-2-3-16(19(27)8-14)17-9-15(10-37-6-5-32-21(39)11-37)38-22(17)23(31)33-12-34-38/h1-4,7-9,12H,5-6,10-11H2,(H,32,39)(H2,31,33,34)(H2,35,36,40). The van der Waals surface area contributed by atoms with Crippen LogP contribution < -0.4 is 21.7 Å². The highest BCUT2D eigenvalue weighted by molar-refractivity contribution is 6.00. The van der Waals surface area contributed by atoms with Gasteiger partial charge in [-0.3, -0.25) is 9.69 Å². The molecule has 0 atom stereocenters. The average Bonchev–Trinajstić information content (AvgIpc) is 3.24. The zero-order valence-electron chi connectivity index (χ0n) is 20.5. The number of fused-ring (bicyclic) bond motifs is 1. The van der Waals surface area contributed by atoms with Gasteiger partial charge in [-0.25, -0.2) is 23.1 Å². The third-order valence-corrected chi connectivity index (χ3v) is 6.22. The van der Waals surface area contributed by atoms with E-state index in [1.165, 1.54) is 23.0 Å². The Labute approximate surface area is 223 Å². The Balaban J connectivity index is 1.39. The minimum atomic E-state index is -4.74. The molecule has 1 saturated heterocycles. The van der Waals surface area contributed by atoms with Gasteiger partial charge in [0.05, 0.1) is 23.5 Å². The number of nitrogens with two attached hydrogens (primary N) is 1. The van der Waals surface area contributed by atoms with Gasteiger partial charge < -0.3 is 21.7 Å². The van der Waals surface area contributed by atoms with Crippen molar-refractivity contribution in [3.8, 4) is 11.1 Å². The Morgan fingerprint density at radius 2 is 1.85 bits per heavy atom. The Kier molecular flexibility index (Phi) is 6.97. The van der Waals surface area contributed by atoms with Crippen LogP contribution in [0.3, 0.4) is 0 Å². The smallest absolute Gasteiger partial charge is 0.382 e. The molecule has 0 aliphatic carbocycles. The molecule has 5 rings (SSSR count). The van der Waals surface area contributed by atoms with Gasteiger partial charge in [0.15, 0.2) is 5.82 Å². The van der Waals surface area contributed by atoms with E-state index in [1.54, 1.807) is 6.07 Å². The average molecular weight is 560 g/mol. The van der Waals surface area contributed by atoms with E-state index in [2.05, 4.69) is 20.7 Å². The molecule has 2 aromatic carbocycles. The number of nitrogen functional groups attached to an aromatic ring is 1. The molecule has 3 amide bonds. The number of aromatic nitrogens is 3. The number of anilines is 3. The summed E-state index contributed by atoms with van der Waals surface area (Å²) in [5, 5.41) is 11.2. The van der Waals surface area contributed by atoms with Crippen LogP contribution in [-0.4, -0.2) is 51.1 Å². The maximum atomic E-state index is 15.3. The van der Waals surface area contributed by atoms with Gasteiger partial charge in [-0.1, -0.05) is 0 Å². The Bertz CT molecular complexity index is 1620. The molecule has 1 fully saturated rings. The number of alkyl halides is 3. The van der Waals surface area contributed by atoms with Crippen molar-refractivity contribution in [1.82, 2.24) is 24.8 Å². The van der Waals surface area contributed by atoms with Crippen molar-refractivity contribution in [1.29, 1.82) is 0 Å². The summed E-state index contributed by atoms with van der Waals surface area (Å²) in [6.45, 7) is 1.61. The number of benzene rings is 2. The van der Waals surface area contributed by atoms with Crippen LogP contribution in [0.4, 0.5) is 43.9 Å². The summed E-state index contributed by atoms with van der Waals surface area (Å²) >= 11 is 0. The van der Waals surface area contributed by atoms with Crippen molar-refractivity contribution in [2.45, 2.75) is 12.7 Å². The van der Waals surface area contributed by atoms with Gasteiger partial charge >= 0.3 is 12.2 Å². The van der Waals surface area contributed by atoms with E-state index >= 15 is 4.39 Å². The predicted octanol–water partition coefficient (Wildman–Crippen LogP) is 3.85. The lowest BCUT2D eigenvalue weighted by atomic mass is 10.1. The van der Waals surface area contributed by atoms with Gasteiger partial charge in [0, 0.05) is 36.4 Å². The summed E-state index contributed by atoms with van der Waals surface area (Å²) in [7, 11) is 0. The number of hydrogen-bond acceptors (Lipinski definition) is 6. The number of rotatable bonds is 5. The molecule has 208 valence electrons. The number of carbonyl (C=O) groups excluding carboxylic acids is 2. The SMILES string of the molecule is Nc1ncnn2c(CN3CCNC(=O)C3)cc(-c3ccc(NC(=O)Nc4cc(C(F)(F)F)ccc4F)cc3F)c12. The molecular weight excluding hydrogens is 539 g/mol. The van der Waals surface area contributed by atoms with Crippen LogP contribution in [-0.2, 0) is 17.5 Å². The quantitative estimate of drug-likeness (QED) is 0.275. The van der Waals surface area contributed by atoms with Crippen LogP contribution in [0.1, 0.15) is 11.3 Å². The summed E-state index contributed by atoms with van der Waals surface area (Å²) in [5.74, 6) is -1.86. The number of amides is 3. The van der Waals surface area contributed by atoms with Crippen LogP contribution in [0.25, 0.3) is 16.6 Å². The molecular formula is C25H21F5N8O2. The number of halogens is 5. The third kappa shape index (κ3) is 5.49. The number of nitrogens with one attached hydrogen (secondary N) is 3. The molecule has 0 spiro atoms. The van der Waals surface area contributed by atoms with Gasteiger partial charge in [-0.15, -0.1) is 0 Å². The van der Waals surface area contributed by atoms with Crippen molar-refractivity contribution < 1.29 is 31.5 Å². The first kappa shape index (κ1) is 26.8. The Morgan fingerprint density at radius 1 is 1.05 bits per heavy atom. The van der Waals surface area contributed by atoms with Gasteiger partial charge in [-0.2, -0.15) is 18.3 Å². The monoisotopic (exact) mass is 560 g/mol. The van der Waals surface area contributed by atoms with E-state index in [-0.39, 0.29) is 29.5 Å². The molecule has 2 aromatic heterocycles. The lowest BCUT2D eigenvalue weighted by Gasteiger charge is -2.25. The van der Waals surface area contributed by atoms with Crippen molar-refractivity contribution >= 4 is 34.6 Å². The summed E-state index contributed by atoms with van der Waals surface area (Å²) in [6.07, 6.45) is -3.48.